The van der Waals surface area contributed by atoms with Gasteiger partial charge in [-0.25, -0.2) is 4.90 Å². The summed E-state index contributed by atoms with van der Waals surface area (Å²) in [6.07, 6.45) is 3.71. The molecule has 2 amide bonds. The Morgan fingerprint density at radius 3 is 2.69 bits per heavy atom. The Hall–Kier alpha value is -2.56. The van der Waals surface area contributed by atoms with Crippen molar-refractivity contribution in [2.24, 2.45) is 0 Å². The monoisotopic (exact) mass is 385 g/mol. The summed E-state index contributed by atoms with van der Waals surface area (Å²) in [7, 11) is 0. The summed E-state index contributed by atoms with van der Waals surface area (Å²) in [5, 5.41) is 0.700. The first-order chi connectivity index (χ1) is 12.5. The Bertz CT molecular complexity index is 994. The van der Waals surface area contributed by atoms with Crippen LogP contribution in [0.2, 0.25) is 10.0 Å². The van der Waals surface area contributed by atoms with E-state index in [2.05, 4.69) is 0 Å². The minimum atomic E-state index is -0.376. The van der Waals surface area contributed by atoms with E-state index >= 15 is 0 Å². The molecule has 0 aromatic heterocycles. The van der Waals surface area contributed by atoms with Gasteiger partial charge in [0.1, 0.15) is 12.4 Å². The molecule has 2 aromatic rings. The highest BCUT2D eigenvalue weighted by molar-refractivity contribution is 6.39. The average Bonchev–Trinajstić information content (AvgIpc) is 2.89. The second kappa shape index (κ2) is 6.63. The third-order valence-electron chi connectivity index (χ3n) is 4.23. The fourth-order valence-corrected chi connectivity index (χ4v) is 3.53. The lowest BCUT2D eigenvalue weighted by molar-refractivity contribution is -0.120. The van der Waals surface area contributed by atoms with Crippen molar-refractivity contribution in [1.29, 1.82) is 0 Å². The SMILES string of the molecule is O=C1C/C(=C\C2=Cc3ccccc3OC2)C(=O)N1c1ccc(Cl)cc1Cl. The van der Waals surface area contributed by atoms with Crippen molar-refractivity contribution < 1.29 is 14.3 Å². The van der Waals surface area contributed by atoms with Gasteiger partial charge < -0.3 is 4.74 Å². The van der Waals surface area contributed by atoms with Gasteiger partial charge in [-0.2, -0.15) is 0 Å². The number of carbonyl (C=O) groups excluding carboxylic acids is 2. The first-order valence-electron chi connectivity index (χ1n) is 7.98. The van der Waals surface area contributed by atoms with Crippen LogP contribution in [0, 0.1) is 0 Å². The van der Waals surface area contributed by atoms with E-state index in [1.165, 1.54) is 6.07 Å². The average molecular weight is 386 g/mol. The number of nitrogens with zero attached hydrogens (tertiary/aromatic N) is 1. The lowest BCUT2D eigenvalue weighted by Crippen LogP contribution is -2.29. The zero-order valence-corrected chi connectivity index (χ0v) is 15.1. The maximum absolute atomic E-state index is 12.7. The summed E-state index contributed by atoms with van der Waals surface area (Å²) >= 11 is 12.0. The Morgan fingerprint density at radius 2 is 1.88 bits per heavy atom. The number of rotatable bonds is 2. The molecule has 0 N–H and O–H groups in total. The van der Waals surface area contributed by atoms with Crippen molar-refractivity contribution in [3.8, 4) is 5.75 Å². The van der Waals surface area contributed by atoms with E-state index in [0.717, 1.165) is 21.8 Å². The molecule has 0 saturated carbocycles. The Kier molecular flexibility index (Phi) is 4.31. The smallest absolute Gasteiger partial charge is 0.261 e. The molecule has 0 bridgehead atoms. The molecule has 1 saturated heterocycles. The van der Waals surface area contributed by atoms with Crippen LogP contribution >= 0.6 is 23.2 Å². The molecule has 0 radical (unpaired) electrons. The minimum Gasteiger partial charge on any atom is -0.488 e. The number of halogens is 2. The molecule has 2 aromatic carbocycles. The van der Waals surface area contributed by atoms with Gasteiger partial charge in [0.15, 0.2) is 0 Å². The number of fused-ring (bicyclic) bond motifs is 1. The number of benzene rings is 2. The van der Waals surface area contributed by atoms with Crippen LogP contribution in [0.5, 0.6) is 5.75 Å². The number of hydrogen-bond acceptors (Lipinski definition) is 3. The molecule has 4 nitrogen and oxygen atoms in total. The van der Waals surface area contributed by atoms with Gasteiger partial charge in [-0.05, 0) is 42.0 Å². The number of ether oxygens (including phenoxy) is 1. The van der Waals surface area contributed by atoms with Crippen molar-refractivity contribution in [2.45, 2.75) is 6.42 Å². The minimum absolute atomic E-state index is 0.0246. The largest absolute Gasteiger partial charge is 0.488 e. The Labute approximate surface area is 160 Å². The van der Waals surface area contributed by atoms with Gasteiger partial charge in [0.05, 0.1) is 17.1 Å². The van der Waals surface area contributed by atoms with Gasteiger partial charge in [0, 0.05) is 16.2 Å². The van der Waals surface area contributed by atoms with Crippen LogP contribution in [0.25, 0.3) is 6.08 Å². The summed E-state index contributed by atoms with van der Waals surface area (Å²) in [6.45, 7) is 0.351. The van der Waals surface area contributed by atoms with E-state index in [0.29, 0.717) is 22.9 Å². The summed E-state index contributed by atoms with van der Waals surface area (Å²) in [4.78, 5) is 26.2. The lowest BCUT2D eigenvalue weighted by atomic mass is 10.0. The van der Waals surface area contributed by atoms with Crippen LogP contribution in [-0.2, 0) is 9.59 Å². The number of para-hydroxylation sites is 1. The fraction of sp³-hybridized carbons (Fsp3) is 0.100. The standard InChI is InChI=1S/C20H13Cl2NO3/c21-15-5-6-17(16(22)10-15)23-19(24)9-14(20(23)25)8-12-7-13-3-1-2-4-18(13)26-11-12/h1-8,10H,9,11H2/b14-8+. The van der Waals surface area contributed by atoms with Crippen LogP contribution in [0.3, 0.4) is 0 Å². The van der Waals surface area contributed by atoms with Gasteiger partial charge >= 0.3 is 0 Å². The molecular formula is C20H13Cl2NO3. The van der Waals surface area contributed by atoms with E-state index < -0.39 is 0 Å². The van der Waals surface area contributed by atoms with E-state index in [4.69, 9.17) is 27.9 Å². The van der Waals surface area contributed by atoms with Crippen molar-refractivity contribution in [3.63, 3.8) is 0 Å². The van der Waals surface area contributed by atoms with Gasteiger partial charge in [0.2, 0.25) is 5.91 Å². The topological polar surface area (TPSA) is 46.6 Å². The molecule has 2 aliphatic heterocycles. The van der Waals surface area contributed by atoms with Crippen LogP contribution in [0.15, 0.2) is 59.7 Å². The number of anilines is 1. The molecule has 0 spiro atoms. The summed E-state index contributed by atoms with van der Waals surface area (Å²) in [5.74, 6) is 0.111. The van der Waals surface area contributed by atoms with E-state index in [1.54, 1.807) is 18.2 Å². The first kappa shape index (κ1) is 16.9. The van der Waals surface area contributed by atoms with Crippen LogP contribution < -0.4 is 9.64 Å². The molecule has 0 unspecified atom stereocenters. The van der Waals surface area contributed by atoms with Gasteiger partial charge in [-0.3, -0.25) is 9.59 Å². The Morgan fingerprint density at radius 1 is 1.08 bits per heavy atom. The maximum Gasteiger partial charge on any atom is 0.261 e. The number of imide groups is 1. The van der Waals surface area contributed by atoms with E-state index in [1.807, 2.05) is 30.3 Å². The maximum atomic E-state index is 12.7. The normalized spacial score (nSPS) is 18.0. The predicted molar refractivity (Wildman–Crippen MR) is 102 cm³/mol. The predicted octanol–water partition coefficient (Wildman–Crippen LogP) is 4.66. The molecule has 0 aliphatic carbocycles. The quantitative estimate of drug-likeness (QED) is 0.557. The molecule has 130 valence electrons. The fourth-order valence-electron chi connectivity index (χ4n) is 3.03. The summed E-state index contributed by atoms with van der Waals surface area (Å²) < 4.78 is 5.69. The van der Waals surface area contributed by atoms with Crippen LogP contribution in [0.1, 0.15) is 12.0 Å². The zero-order chi connectivity index (χ0) is 18.3. The Balaban J connectivity index is 1.66. The summed E-state index contributed by atoms with van der Waals surface area (Å²) in [6, 6.07) is 12.3. The molecule has 0 atom stereocenters. The molecule has 26 heavy (non-hydrogen) atoms. The van der Waals surface area contributed by atoms with E-state index in [9.17, 15) is 9.59 Å². The third-order valence-corrected chi connectivity index (χ3v) is 4.77. The second-order valence-electron chi connectivity index (χ2n) is 6.02. The zero-order valence-electron chi connectivity index (χ0n) is 13.5. The highest BCUT2D eigenvalue weighted by Gasteiger charge is 2.36. The van der Waals surface area contributed by atoms with Gasteiger partial charge in [0.25, 0.3) is 5.91 Å². The van der Waals surface area contributed by atoms with Crippen molar-refractivity contribution in [1.82, 2.24) is 0 Å². The molecule has 4 rings (SSSR count). The molecule has 1 fully saturated rings. The highest BCUT2D eigenvalue weighted by atomic mass is 35.5. The molecule has 6 heteroatoms. The van der Waals surface area contributed by atoms with Gasteiger partial charge in [-0.15, -0.1) is 0 Å². The number of amides is 2. The van der Waals surface area contributed by atoms with Crippen molar-refractivity contribution in [2.75, 3.05) is 11.5 Å². The first-order valence-corrected chi connectivity index (χ1v) is 8.74. The van der Waals surface area contributed by atoms with Gasteiger partial charge in [-0.1, -0.05) is 41.4 Å². The molecule has 2 heterocycles. The summed E-state index contributed by atoms with van der Waals surface area (Å²) in [5.41, 5.74) is 2.54. The second-order valence-corrected chi connectivity index (χ2v) is 6.87. The van der Waals surface area contributed by atoms with Crippen molar-refractivity contribution in [3.05, 3.63) is 75.3 Å². The molecular weight excluding hydrogens is 373 g/mol. The van der Waals surface area contributed by atoms with Crippen LogP contribution in [0.4, 0.5) is 5.69 Å². The third kappa shape index (κ3) is 3.02. The number of hydrogen-bond donors (Lipinski definition) is 0. The highest BCUT2D eigenvalue weighted by Crippen LogP contribution is 2.34. The lowest BCUT2D eigenvalue weighted by Gasteiger charge is -2.16. The number of carbonyl (C=O) groups is 2. The van der Waals surface area contributed by atoms with Crippen LogP contribution in [-0.4, -0.2) is 18.4 Å². The molecule has 2 aliphatic rings. The van der Waals surface area contributed by atoms with Crippen molar-refractivity contribution >= 4 is 46.8 Å². The van der Waals surface area contributed by atoms with E-state index in [-0.39, 0.29) is 23.3 Å².